The van der Waals surface area contributed by atoms with Gasteiger partial charge in [0.2, 0.25) is 10.9 Å². The van der Waals surface area contributed by atoms with Gasteiger partial charge in [0.1, 0.15) is 6.10 Å². The van der Waals surface area contributed by atoms with E-state index < -0.39 is 43.2 Å². The molecule has 4 aromatic rings. The Morgan fingerprint density at radius 1 is 1.27 bits per heavy atom. The fourth-order valence-electron chi connectivity index (χ4n) is 5.22. The van der Waals surface area contributed by atoms with E-state index in [2.05, 4.69) is 36.5 Å². The molecule has 0 aliphatic carbocycles. The number of aliphatic hydroxyl groups is 2. The maximum absolute atomic E-state index is 13.0. The zero-order chi connectivity index (χ0) is 34.4. The average Bonchev–Trinajstić information content (AvgIpc) is 3.76. The summed E-state index contributed by atoms with van der Waals surface area (Å²) in [6, 6.07) is 6.73. The number of imidazole rings is 1. The molecular formula is C31H35ClN8O7S. The van der Waals surface area contributed by atoms with Gasteiger partial charge in [-0.1, -0.05) is 18.1 Å². The number of ether oxygens (including phenoxy) is 2. The summed E-state index contributed by atoms with van der Waals surface area (Å²) in [6.45, 7) is 3.92. The highest BCUT2D eigenvalue weighted by Gasteiger charge is 2.45. The molecule has 1 fully saturated rings. The molecule has 1 aliphatic rings. The van der Waals surface area contributed by atoms with E-state index in [0.29, 0.717) is 35.7 Å². The molecule has 4 atom stereocenters. The van der Waals surface area contributed by atoms with Crippen LogP contribution >= 0.6 is 22.9 Å². The number of carboxylic acids is 1. The Bertz CT molecular complexity index is 1760. The lowest BCUT2D eigenvalue weighted by molar-refractivity contribution is -0.185. The summed E-state index contributed by atoms with van der Waals surface area (Å²) in [6.07, 6.45) is 3.52. The van der Waals surface area contributed by atoms with Crippen LogP contribution < -0.4 is 15.5 Å². The lowest BCUT2D eigenvalue weighted by atomic mass is 9.91. The van der Waals surface area contributed by atoms with Gasteiger partial charge in [-0.25, -0.2) is 19.6 Å². The molecule has 2 amide bonds. The number of nitrogens with one attached hydrogen (secondary N) is 2. The maximum atomic E-state index is 13.0. The highest BCUT2D eigenvalue weighted by atomic mass is 35.5. The van der Waals surface area contributed by atoms with Crippen molar-refractivity contribution < 1.29 is 34.4 Å². The first-order valence-corrected chi connectivity index (χ1v) is 16.4. The van der Waals surface area contributed by atoms with E-state index in [-0.39, 0.29) is 35.1 Å². The molecule has 1 aromatic carbocycles. The van der Waals surface area contributed by atoms with Crippen LogP contribution in [0.4, 0.5) is 16.3 Å². The number of thiazole rings is 1. The number of terminal acetylenes is 1. The number of hydrogen-bond acceptors (Lipinski definition) is 12. The van der Waals surface area contributed by atoms with Gasteiger partial charge in [0, 0.05) is 36.6 Å². The van der Waals surface area contributed by atoms with Crippen LogP contribution in [0.3, 0.4) is 0 Å². The van der Waals surface area contributed by atoms with E-state index in [9.17, 15) is 24.9 Å². The second-order valence-electron chi connectivity index (χ2n) is 11.3. The van der Waals surface area contributed by atoms with Gasteiger partial charge < -0.3 is 35.4 Å². The minimum absolute atomic E-state index is 0.00935. The predicted octanol–water partition coefficient (Wildman–Crippen LogP) is 2.79. The monoisotopic (exact) mass is 698 g/mol. The average molecular weight is 699 g/mol. The Morgan fingerprint density at radius 2 is 2.04 bits per heavy atom. The molecule has 4 heterocycles. The normalized spacial score (nSPS) is 16.6. The van der Waals surface area contributed by atoms with Crippen molar-refractivity contribution in [2.24, 2.45) is 0 Å². The van der Waals surface area contributed by atoms with Gasteiger partial charge in [0.15, 0.2) is 29.3 Å². The molecule has 5 rings (SSSR count). The number of aromatic nitrogens is 5. The molecule has 1 unspecified atom stereocenters. The van der Waals surface area contributed by atoms with Gasteiger partial charge in [0.25, 0.3) is 0 Å². The van der Waals surface area contributed by atoms with E-state index in [1.807, 2.05) is 13.8 Å². The Morgan fingerprint density at radius 3 is 2.67 bits per heavy atom. The van der Waals surface area contributed by atoms with E-state index >= 15 is 0 Å². The number of amides is 2. The topological polar surface area (TPSA) is 197 Å². The van der Waals surface area contributed by atoms with Gasteiger partial charge in [-0.2, -0.15) is 9.97 Å². The Kier molecular flexibility index (Phi) is 11.1. The van der Waals surface area contributed by atoms with Crippen LogP contribution in [0, 0.1) is 12.3 Å². The van der Waals surface area contributed by atoms with Gasteiger partial charge in [-0.05, 0) is 49.6 Å². The van der Waals surface area contributed by atoms with Crippen LogP contribution in [-0.4, -0.2) is 96.4 Å². The van der Waals surface area contributed by atoms with E-state index in [0.717, 1.165) is 6.42 Å². The van der Waals surface area contributed by atoms with Crippen molar-refractivity contribution in [2.75, 3.05) is 36.5 Å². The largest absolute Gasteiger partial charge is 0.479 e. The SMILES string of the molecule is C#C[C@@H](O)[C@@H](O[C@@H](CO)COC(Cc1ccc(N2CCCNC2=O)cc1)(C(=O)O)c1cscn1)n1cnc2c(NC(C)C)nc(Cl)nc21. The molecule has 5 N–H and O–H groups in total. The summed E-state index contributed by atoms with van der Waals surface area (Å²) < 4.78 is 13.6. The fraction of sp³-hybridized carbons (Fsp3) is 0.419. The zero-order valence-corrected chi connectivity index (χ0v) is 27.7. The van der Waals surface area contributed by atoms with Crippen LogP contribution in [0.2, 0.25) is 5.28 Å². The number of carbonyl (C=O) groups is 2. The first-order chi connectivity index (χ1) is 23.1. The third kappa shape index (κ3) is 7.51. The standard InChI is InChI=1S/C31H35ClN8O7S/c1-4-22(42)27(40-16-34-24-25(36-18(2)3)37-29(32)38-26(24)40)47-21(13-41)14-46-31(28(43)44,23-15-48-17-35-23)12-19-6-8-20(9-7-19)39-11-5-10-33-30(39)45/h1,6-9,15-18,21-22,27,41-42H,5,10-14H2,2-3H3,(H,33,45)(H,43,44)(H,36,37,38)/t21-,22+,27+,31?/m0/s1. The van der Waals surface area contributed by atoms with Gasteiger partial charge >= 0.3 is 12.0 Å². The molecule has 0 spiro atoms. The minimum atomic E-state index is -1.99. The molecule has 48 heavy (non-hydrogen) atoms. The summed E-state index contributed by atoms with van der Waals surface area (Å²) in [4.78, 5) is 44.0. The van der Waals surface area contributed by atoms with Crippen molar-refractivity contribution in [3.8, 4) is 12.3 Å². The summed E-state index contributed by atoms with van der Waals surface area (Å²) in [5, 5.41) is 39.2. The highest BCUT2D eigenvalue weighted by Crippen LogP contribution is 2.33. The van der Waals surface area contributed by atoms with Crippen LogP contribution in [0.25, 0.3) is 11.2 Å². The quantitative estimate of drug-likeness (QED) is 0.0901. The second kappa shape index (κ2) is 15.2. The number of carbonyl (C=O) groups excluding carboxylic acids is 1. The van der Waals surface area contributed by atoms with E-state index in [1.54, 1.807) is 34.5 Å². The zero-order valence-electron chi connectivity index (χ0n) is 26.1. The number of aliphatic hydroxyl groups excluding tert-OH is 2. The van der Waals surface area contributed by atoms with E-state index in [1.165, 1.54) is 27.7 Å². The van der Waals surface area contributed by atoms with Crippen molar-refractivity contribution in [3.05, 3.63) is 58.0 Å². The lowest BCUT2D eigenvalue weighted by Gasteiger charge is -2.32. The molecule has 3 aromatic heterocycles. The molecular weight excluding hydrogens is 664 g/mol. The number of urea groups is 1. The number of halogens is 1. The molecule has 15 nitrogen and oxygen atoms in total. The Balaban J connectivity index is 1.41. The Labute approximate surface area is 284 Å². The molecule has 1 aliphatic heterocycles. The predicted molar refractivity (Wildman–Crippen MR) is 178 cm³/mol. The van der Waals surface area contributed by atoms with E-state index in [4.69, 9.17) is 27.5 Å². The summed E-state index contributed by atoms with van der Waals surface area (Å²) >= 11 is 7.40. The first kappa shape index (κ1) is 35.0. The number of fused-ring (bicyclic) bond motifs is 1. The van der Waals surface area contributed by atoms with Crippen LogP contribution in [-0.2, 0) is 26.3 Å². The number of hydrogen-bond donors (Lipinski definition) is 5. The minimum Gasteiger partial charge on any atom is -0.479 e. The van der Waals surface area contributed by atoms with Gasteiger partial charge in [-0.3, -0.25) is 9.47 Å². The van der Waals surface area contributed by atoms with Gasteiger partial charge in [0.05, 0.1) is 30.7 Å². The number of nitrogens with zero attached hydrogens (tertiary/aromatic N) is 6. The molecule has 17 heteroatoms. The third-order valence-electron chi connectivity index (χ3n) is 7.56. The molecule has 0 bridgehead atoms. The number of rotatable bonds is 15. The van der Waals surface area contributed by atoms with Crippen molar-refractivity contribution >= 4 is 57.6 Å². The molecule has 0 saturated carbocycles. The maximum Gasteiger partial charge on any atom is 0.342 e. The number of anilines is 2. The second-order valence-corrected chi connectivity index (χ2v) is 12.4. The molecule has 1 saturated heterocycles. The fourth-order valence-corrected chi connectivity index (χ4v) is 6.00. The van der Waals surface area contributed by atoms with Crippen molar-refractivity contribution in [3.63, 3.8) is 0 Å². The number of benzene rings is 1. The van der Waals surface area contributed by atoms with Crippen LogP contribution in [0.5, 0.6) is 0 Å². The number of aliphatic carboxylic acids is 1. The molecule has 0 radical (unpaired) electrons. The lowest BCUT2D eigenvalue weighted by Crippen LogP contribution is -2.46. The Hall–Kier alpha value is -4.37. The summed E-state index contributed by atoms with van der Waals surface area (Å²) in [7, 11) is 0. The summed E-state index contributed by atoms with van der Waals surface area (Å²) in [5.74, 6) is 1.26. The van der Waals surface area contributed by atoms with Gasteiger partial charge in [-0.15, -0.1) is 17.8 Å². The first-order valence-electron chi connectivity index (χ1n) is 15.0. The smallest absolute Gasteiger partial charge is 0.342 e. The highest BCUT2D eigenvalue weighted by molar-refractivity contribution is 7.07. The summed E-state index contributed by atoms with van der Waals surface area (Å²) in [5.41, 5.74) is 1.46. The third-order valence-corrected chi connectivity index (χ3v) is 8.31. The van der Waals surface area contributed by atoms with Crippen LogP contribution in [0.1, 0.15) is 37.8 Å². The van der Waals surface area contributed by atoms with Crippen molar-refractivity contribution in [1.82, 2.24) is 29.8 Å². The molecule has 254 valence electrons. The van der Waals surface area contributed by atoms with Crippen molar-refractivity contribution in [1.29, 1.82) is 0 Å². The van der Waals surface area contributed by atoms with Crippen molar-refractivity contribution in [2.45, 2.75) is 56.8 Å². The number of carboxylic acid groups (broad SMARTS) is 1. The van der Waals surface area contributed by atoms with Crippen LogP contribution in [0.15, 0.2) is 41.5 Å².